The van der Waals surface area contributed by atoms with E-state index in [1.807, 2.05) is 0 Å². The van der Waals surface area contributed by atoms with Gasteiger partial charge in [0.2, 0.25) is 0 Å². The van der Waals surface area contributed by atoms with Crippen molar-refractivity contribution in [3.63, 3.8) is 0 Å². The van der Waals surface area contributed by atoms with E-state index in [0.717, 1.165) is 0 Å². The molecule has 114 valence electrons. The van der Waals surface area contributed by atoms with Crippen molar-refractivity contribution in [1.29, 1.82) is 0 Å². The van der Waals surface area contributed by atoms with Gasteiger partial charge in [0.05, 0.1) is 30.7 Å². The molecule has 2 rings (SSSR count). The molecule has 0 aliphatic rings. The van der Waals surface area contributed by atoms with E-state index in [4.69, 9.17) is 10.5 Å². The van der Waals surface area contributed by atoms with Gasteiger partial charge in [0.1, 0.15) is 4.90 Å². The van der Waals surface area contributed by atoms with Crippen LogP contribution in [-0.2, 0) is 27.8 Å². The Bertz CT molecular complexity index is 698. The zero-order chi connectivity index (χ0) is 15.3. The lowest BCUT2D eigenvalue weighted by atomic mass is 10.3. The monoisotopic (exact) mass is 311 g/mol. The van der Waals surface area contributed by atoms with Gasteiger partial charge in [-0.3, -0.25) is 14.4 Å². The number of hydrogen-bond donors (Lipinski definition) is 2. The normalized spacial score (nSPS) is 11.5. The van der Waals surface area contributed by atoms with Crippen LogP contribution in [0.3, 0.4) is 0 Å². The number of hydrogen-bond acceptors (Lipinski definition) is 6. The van der Waals surface area contributed by atoms with Crippen LogP contribution in [0, 0.1) is 0 Å². The highest BCUT2D eigenvalue weighted by Gasteiger charge is 2.19. The van der Waals surface area contributed by atoms with Gasteiger partial charge < -0.3 is 10.5 Å². The molecule has 0 fully saturated rings. The molecule has 0 aliphatic heterocycles. The Morgan fingerprint density at radius 2 is 2.29 bits per heavy atom. The predicted molar refractivity (Wildman–Crippen MR) is 77.0 cm³/mol. The van der Waals surface area contributed by atoms with Crippen LogP contribution in [0.5, 0.6) is 0 Å². The fraction of sp³-hybridized carbons (Fsp3) is 0.333. The first-order valence-corrected chi connectivity index (χ1v) is 7.73. The summed E-state index contributed by atoms with van der Waals surface area (Å²) < 4.78 is 33.7. The lowest BCUT2D eigenvalue weighted by Gasteiger charge is -2.08. The van der Waals surface area contributed by atoms with E-state index in [2.05, 4.69) is 14.8 Å². The molecule has 3 N–H and O–H groups in total. The van der Waals surface area contributed by atoms with Gasteiger partial charge in [-0.05, 0) is 12.1 Å². The number of aromatic nitrogens is 3. The molecule has 0 unspecified atom stereocenters. The molecule has 2 aromatic heterocycles. The van der Waals surface area contributed by atoms with Crippen molar-refractivity contribution in [2.24, 2.45) is 5.73 Å². The fourth-order valence-corrected chi connectivity index (χ4v) is 2.98. The van der Waals surface area contributed by atoms with Crippen molar-refractivity contribution in [2.75, 3.05) is 18.4 Å². The van der Waals surface area contributed by atoms with E-state index in [9.17, 15) is 8.42 Å². The molecule has 2 aromatic rings. The summed E-state index contributed by atoms with van der Waals surface area (Å²) in [5.74, 6) is 0. The van der Waals surface area contributed by atoms with Crippen LogP contribution in [0.4, 0.5) is 5.69 Å². The third-order valence-electron chi connectivity index (χ3n) is 2.74. The maximum absolute atomic E-state index is 12.3. The lowest BCUT2D eigenvalue weighted by molar-refractivity contribution is 0.183. The zero-order valence-electron chi connectivity index (χ0n) is 11.6. The van der Waals surface area contributed by atoms with Gasteiger partial charge in [0, 0.05) is 26.0 Å². The summed E-state index contributed by atoms with van der Waals surface area (Å²) in [6.07, 6.45) is 4.53. The van der Waals surface area contributed by atoms with Crippen molar-refractivity contribution in [3.8, 4) is 0 Å². The number of pyridine rings is 1. The minimum Gasteiger partial charge on any atom is -0.383 e. The first-order chi connectivity index (χ1) is 10.1. The zero-order valence-corrected chi connectivity index (χ0v) is 12.4. The second-order valence-corrected chi connectivity index (χ2v) is 5.89. The van der Waals surface area contributed by atoms with Gasteiger partial charge in [-0.15, -0.1) is 0 Å². The van der Waals surface area contributed by atoms with E-state index < -0.39 is 10.0 Å². The van der Waals surface area contributed by atoms with Crippen molar-refractivity contribution in [3.05, 3.63) is 36.4 Å². The average molecular weight is 311 g/mol. The molecular weight excluding hydrogens is 294 g/mol. The molecule has 0 amide bonds. The highest BCUT2D eigenvalue weighted by atomic mass is 32.2. The Labute approximate surface area is 123 Å². The standard InChI is InChI=1S/C12H17N5O3S/c1-20-6-5-17-9-10(8-15-17)16-21(18,19)12-3-2-4-14-11(12)7-13/h2-4,8-9,16H,5-7,13H2,1H3. The lowest BCUT2D eigenvalue weighted by Crippen LogP contribution is -2.17. The summed E-state index contributed by atoms with van der Waals surface area (Å²) in [6.45, 7) is 1.08. The van der Waals surface area contributed by atoms with E-state index in [0.29, 0.717) is 24.5 Å². The van der Waals surface area contributed by atoms with Crippen LogP contribution in [-0.4, -0.2) is 36.9 Å². The number of rotatable bonds is 7. The minimum atomic E-state index is -3.74. The van der Waals surface area contributed by atoms with Crippen molar-refractivity contribution < 1.29 is 13.2 Å². The van der Waals surface area contributed by atoms with Gasteiger partial charge in [-0.2, -0.15) is 5.10 Å². The highest BCUT2D eigenvalue weighted by Crippen LogP contribution is 2.17. The second-order valence-electron chi connectivity index (χ2n) is 4.24. The molecule has 8 nitrogen and oxygen atoms in total. The Kier molecular flexibility index (Phi) is 4.89. The summed E-state index contributed by atoms with van der Waals surface area (Å²) in [5, 5.41) is 4.04. The number of ether oxygens (including phenoxy) is 1. The Morgan fingerprint density at radius 3 is 3.00 bits per heavy atom. The first-order valence-electron chi connectivity index (χ1n) is 6.25. The smallest absolute Gasteiger partial charge is 0.263 e. The summed E-state index contributed by atoms with van der Waals surface area (Å²) >= 11 is 0. The molecule has 0 atom stereocenters. The summed E-state index contributed by atoms with van der Waals surface area (Å²) in [6, 6.07) is 3.02. The van der Waals surface area contributed by atoms with Crippen LogP contribution < -0.4 is 10.5 Å². The van der Waals surface area contributed by atoms with Crippen LogP contribution in [0.2, 0.25) is 0 Å². The van der Waals surface area contributed by atoms with Gasteiger partial charge in [0.25, 0.3) is 10.0 Å². The van der Waals surface area contributed by atoms with Crippen molar-refractivity contribution >= 4 is 15.7 Å². The number of sulfonamides is 1. The number of nitrogens with zero attached hydrogens (tertiary/aromatic N) is 3. The molecule has 0 aliphatic carbocycles. The van der Waals surface area contributed by atoms with Gasteiger partial charge >= 0.3 is 0 Å². The van der Waals surface area contributed by atoms with Gasteiger partial charge in [0.15, 0.2) is 0 Å². The molecule has 21 heavy (non-hydrogen) atoms. The number of nitrogens with one attached hydrogen (secondary N) is 1. The van der Waals surface area contributed by atoms with Crippen LogP contribution >= 0.6 is 0 Å². The molecule has 0 aromatic carbocycles. The molecule has 0 saturated carbocycles. The summed E-state index contributed by atoms with van der Waals surface area (Å²) in [5.41, 5.74) is 6.20. The third-order valence-corrected chi connectivity index (χ3v) is 4.20. The maximum atomic E-state index is 12.3. The first kappa shape index (κ1) is 15.4. The van der Waals surface area contributed by atoms with Gasteiger partial charge in [-0.25, -0.2) is 8.42 Å². The number of anilines is 1. The molecule has 0 spiro atoms. The predicted octanol–water partition coefficient (Wildman–Crippen LogP) is 0.184. The van der Waals surface area contributed by atoms with Crippen LogP contribution in [0.25, 0.3) is 0 Å². The Morgan fingerprint density at radius 1 is 1.48 bits per heavy atom. The number of methoxy groups -OCH3 is 1. The van der Waals surface area contributed by atoms with E-state index >= 15 is 0 Å². The minimum absolute atomic E-state index is 0.0458. The summed E-state index contributed by atoms with van der Waals surface area (Å²) in [7, 11) is -2.15. The van der Waals surface area contributed by atoms with Crippen LogP contribution in [0.15, 0.2) is 35.6 Å². The number of nitrogens with two attached hydrogens (primary N) is 1. The van der Waals surface area contributed by atoms with E-state index in [-0.39, 0.29) is 11.4 Å². The largest absolute Gasteiger partial charge is 0.383 e. The SMILES string of the molecule is COCCn1cc(NS(=O)(=O)c2cccnc2CN)cn1. The molecule has 9 heteroatoms. The molecule has 0 bridgehead atoms. The molecular formula is C12H17N5O3S. The van der Waals surface area contributed by atoms with E-state index in [1.165, 1.54) is 18.5 Å². The highest BCUT2D eigenvalue weighted by molar-refractivity contribution is 7.92. The van der Waals surface area contributed by atoms with Crippen molar-refractivity contribution in [2.45, 2.75) is 18.0 Å². The average Bonchev–Trinajstić information content (AvgIpc) is 2.91. The van der Waals surface area contributed by atoms with Crippen molar-refractivity contribution in [1.82, 2.24) is 14.8 Å². The maximum Gasteiger partial charge on any atom is 0.263 e. The molecule has 2 heterocycles. The van der Waals surface area contributed by atoms with E-state index in [1.54, 1.807) is 24.1 Å². The second kappa shape index (κ2) is 6.66. The third kappa shape index (κ3) is 3.78. The Balaban J connectivity index is 2.19. The van der Waals surface area contributed by atoms with Gasteiger partial charge in [-0.1, -0.05) is 0 Å². The fourth-order valence-electron chi connectivity index (χ4n) is 1.75. The Hall–Kier alpha value is -1.97. The quantitative estimate of drug-likeness (QED) is 0.754. The molecule has 0 radical (unpaired) electrons. The molecule has 0 saturated heterocycles. The topological polar surface area (TPSA) is 112 Å². The van der Waals surface area contributed by atoms with Crippen LogP contribution in [0.1, 0.15) is 5.69 Å². The summed E-state index contributed by atoms with van der Waals surface area (Å²) in [4.78, 5) is 4.04.